The van der Waals surface area contributed by atoms with Crippen molar-refractivity contribution in [3.8, 4) is 28.7 Å². The first kappa shape index (κ1) is 19.2. The third kappa shape index (κ3) is 4.57. The minimum absolute atomic E-state index is 0.0107. The molecule has 0 atom stereocenters. The van der Waals surface area contributed by atoms with E-state index in [1.54, 1.807) is 19.3 Å². The summed E-state index contributed by atoms with van der Waals surface area (Å²) in [7, 11) is 3.02. The summed E-state index contributed by atoms with van der Waals surface area (Å²) in [5.74, 6) is 1.44. The van der Waals surface area contributed by atoms with Gasteiger partial charge in [0.05, 0.1) is 14.2 Å². The molecule has 0 heterocycles. The van der Waals surface area contributed by atoms with E-state index in [2.05, 4.69) is 0 Å². The van der Waals surface area contributed by atoms with Crippen molar-refractivity contribution < 1.29 is 24.4 Å². The first-order chi connectivity index (χ1) is 13.6. The van der Waals surface area contributed by atoms with Crippen LogP contribution in [-0.4, -0.2) is 24.4 Å². The first-order valence-electron chi connectivity index (χ1n) is 8.73. The molecule has 3 rings (SSSR count). The van der Waals surface area contributed by atoms with Crippen molar-refractivity contribution in [1.29, 1.82) is 0 Å². The second-order valence-electron chi connectivity index (χ2n) is 6.10. The maximum atomic E-state index is 10.2. The van der Waals surface area contributed by atoms with Crippen LogP contribution in [0.25, 0.3) is 12.2 Å². The molecule has 0 spiro atoms. The highest BCUT2D eigenvalue weighted by Crippen LogP contribution is 2.35. The normalized spacial score (nSPS) is 10.8. The van der Waals surface area contributed by atoms with Crippen molar-refractivity contribution in [2.24, 2.45) is 0 Å². The summed E-state index contributed by atoms with van der Waals surface area (Å²) in [6.45, 7) is 0.448. The monoisotopic (exact) mass is 378 g/mol. The van der Waals surface area contributed by atoms with Gasteiger partial charge in [-0.1, -0.05) is 48.6 Å². The molecule has 0 aliphatic rings. The predicted molar refractivity (Wildman–Crippen MR) is 109 cm³/mol. The number of methoxy groups -OCH3 is 2. The third-order valence-corrected chi connectivity index (χ3v) is 4.19. The second-order valence-corrected chi connectivity index (χ2v) is 6.10. The lowest BCUT2D eigenvalue weighted by molar-refractivity contribution is 0.284. The molecule has 0 aliphatic carbocycles. The second kappa shape index (κ2) is 8.86. The molecule has 3 aromatic carbocycles. The van der Waals surface area contributed by atoms with Gasteiger partial charge in [0.1, 0.15) is 12.4 Å². The van der Waals surface area contributed by atoms with Gasteiger partial charge >= 0.3 is 0 Å². The van der Waals surface area contributed by atoms with E-state index in [0.29, 0.717) is 23.7 Å². The molecule has 0 fully saturated rings. The van der Waals surface area contributed by atoms with Crippen LogP contribution in [-0.2, 0) is 6.61 Å². The Morgan fingerprint density at radius 3 is 2.25 bits per heavy atom. The maximum Gasteiger partial charge on any atom is 0.165 e. The quantitative estimate of drug-likeness (QED) is 0.454. The average molecular weight is 378 g/mol. The van der Waals surface area contributed by atoms with Gasteiger partial charge in [0.2, 0.25) is 0 Å². The molecule has 144 valence electrons. The van der Waals surface area contributed by atoms with Crippen LogP contribution in [0, 0.1) is 0 Å². The molecule has 3 aromatic rings. The van der Waals surface area contributed by atoms with Gasteiger partial charge in [-0.15, -0.1) is 0 Å². The van der Waals surface area contributed by atoms with Gasteiger partial charge in [-0.3, -0.25) is 0 Å². The van der Waals surface area contributed by atoms with Gasteiger partial charge in [0.15, 0.2) is 23.0 Å². The molecule has 5 nitrogen and oxygen atoms in total. The molecule has 0 amide bonds. The summed E-state index contributed by atoms with van der Waals surface area (Å²) in [4.78, 5) is 0. The Morgan fingerprint density at radius 1 is 0.786 bits per heavy atom. The van der Waals surface area contributed by atoms with Gasteiger partial charge in [-0.2, -0.15) is 0 Å². The highest BCUT2D eigenvalue weighted by Gasteiger charge is 2.09. The number of ether oxygens (including phenoxy) is 3. The Kier molecular flexibility index (Phi) is 6.07. The van der Waals surface area contributed by atoms with Gasteiger partial charge in [-0.25, -0.2) is 0 Å². The maximum absolute atomic E-state index is 10.2. The smallest absolute Gasteiger partial charge is 0.165 e. The Labute approximate surface area is 164 Å². The molecule has 0 aliphatic heterocycles. The molecule has 0 saturated carbocycles. The number of phenols is 2. The van der Waals surface area contributed by atoms with Crippen LogP contribution in [0.1, 0.15) is 16.7 Å². The van der Waals surface area contributed by atoms with Crippen LogP contribution in [0.3, 0.4) is 0 Å². The van der Waals surface area contributed by atoms with Crippen molar-refractivity contribution in [1.82, 2.24) is 0 Å². The highest BCUT2D eigenvalue weighted by molar-refractivity contribution is 5.75. The Bertz CT molecular complexity index is 964. The zero-order valence-electron chi connectivity index (χ0n) is 15.8. The molecule has 2 N–H and O–H groups in total. The van der Waals surface area contributed by atoms with Crippen molar-refractivity contribution in [2.75, 3.05) is 14.2 Å². The van der Waals surface area contributed by atoms with Crippen LogP contribution in [0.5, 0.6) is 28.7 Å². The lowest BCUT2D eigenvalue weighted by atomic mass is 10.1. The molecular weight excluding hydrogens is 356 g/mol. The molecule has 0 radical (unpaired) electrons. The van der Waals surface area contributed by atoms with E-state index < -0.39 is 0 Å². The van der Waals surface area contributed by atoms with Gasteiger partial charge in [-0.05, 0) is 29.3 Å². The molecular formula is C23H22O5. The summed E-state index contributed by atoms with van der Waals surface area (Å²) in [5.41, 5.74) is 2.37. The van der Waals surface area contributed by atoms with Crippen molar-refractivity contribution in [3.05, 3.63) is 77.4 Å². The summed E-state index contributed by atoms with van der Waals surface area (Å²) < 4.78 is 16.3. The summed E-state index contributed by atoms with van der Waals surface area (Å²) >= 11 is 0. The van der Waals surface area contributed by atoms with Crippen LogP contribution in [0.2, 0.25) is 0 Å². The van der Waals surface area contributed by atoms with Crippen LogP contribution in [0.4, 0.5) is 0 Å². The number of rotatable bonds is 7. The fourth-order valence-electron chi connectivity index (χ4n) is 2.73. The van der Waals surface area contributed by atoms with E-state index >= 15 is 0 Å². The number of phenolic OH excluding ortho intramolecular Hbond substituents is 2. The Morgan fingerprint density at radius 2 is 1.54 bits per heavy atom. The molecule has 0 unspecified atom stereocenters. The fraction of sp³-hybridized carbons (Fsp3) is 0.130. The number of benzene rings is 3. The van der Waals surface area contributed by atoms with Crippen molar-refractivity contribution in [3.63, 3.8) is 0 Å². The largest absolute Gasteiger partial charge is 0.508 e. The molecule has 0 bridgehead atoms. The zero-order chi connectivity index (χ0) is 19.9. The van der Waals surface area contributed by atoms with Crippen molar-refractivity contribution in [2.45, 2.75) is 6.61 Å². The molecule has 28 heavy (non-hydrogen) atoms. The SMILES string of the molecule is COc1cc(/C=C\c2cc(O)cc(OC)c2O)ccc1OCc1ccccc1. The van der Waals surface area contributed by atoms with Crippen LogP contribution < -0.4 is 14.2 Å². The lowest BCUT2D eigenvalue weighted by Gasteiger charge is -2.11. The average Bonchev–Trinajstić information content (AvgIpc) is 2.73. The van der Waals surface area contributed by atoms with E-state index in [9.17, 15) is 10.2 Å². The number of hydrogen-bond donors (Lipinski definition) is 2. The van der Waals surface area contributed by atoms with E-state index in [4.69, 9.17) is 14.2 Å². The zero-order valence-corrected chi connectivity index (χ0v) is 15.8. The molecule has 0 aromatic heterocycles. The van der Waals surface area contributed by atoms with Gasteiger partial charge in [0.25, 0.3) is 0 Å². The van der Waals surface area contributed by atoms with Crippen LogP contribution >= 0.6 is 0 Å². The van der Waals surface area contributed by atoms with E-state index in [1.807, 2.05) is 48.5 Å². The van der Waals surface area contributed by atoms with E-state index in [0.717, 1.165) is 11.1 Å². The topological polar surface area (TPSA) is 68.2 Å². The third-order valence-electron chi connectivity index (χ3n) is 4.19. The van der Waals surface area contributed by atoms with Gasteiger partial charge in [0, 0.05) is 11.6 Å². The minimum Gasteiger partial charge on any atom is -0.508 e. The summed E-state index contributed by atoms with van der Waals surface area (Å²) in [5, 5.41) is 19.9. The van der Waals surface area contributed by atoms with Gasteiger partial charge < -0.3 is 24.4 Å². The first-order valence-corrected chi connectivity index (χ1v) is 8.73. The molecule has 0 saturated heterocycles. The number of hydrogen-bond acceptors (Lipinski definition) is 5. The standard InChI is InChI=1S/C23H22O5/c1-26-21-12-16(8-10-18-13-19(24)14-22(27-2)23(18)25)9-11-20(21)28-15-17-6-4-3-5-7-17/h3-14,24-25H,15H2,1-2H3/b10-8-. The fourth-order valence-corrected chi connectivity index (χ4v) is 2.73. The van der Waals surface area contributed by atoms with E-state index in [1.165, 1.54) is 19.2 Å². The molecule has 5 heteroatoms. The lowest BCUT2D eigenvalue weighted by Crippen LogP contribution is -1.97. The highest BCUT2D eigenvalue weighted by atomic mass is 16.5. The van der Waals surface area contributed by atoms with Crippen molar-refractivity contribution >= 4 is 12.2 Å². The summed E-state index contributed by atoms with van der Waals surface area (Å²) in [6.07, 6.45) is 3.49. The summed E-state index contributed by atoms with van der Waals surface area (Å²) in [6, 6.07) is 18.3. The Balaban J connectivity index is 1.78. The number of aromatic hydroxyl groups is 2. The predicted octanol–water partition coefficient (Wildman–Crippen LogP) is 4.86. The minimum atomic E-state index is -0.0358. The van der Waals surface area contributed by atoms with E-state index in [-0.39, 0.29) is 17.2 Å². The Hall–Kier alpha value is -3.60. The van der Waals surface area contributed by atoms with Crippen LogP contribution in [0.15, 0.2) is 60.7 Å².